The average molecular weight is 282 g/mol. The van der Waals surface area contributed by atoms with E-state index in [1.807, 2.05) is 13.8 Å². The summed E-state index contributed by atoms with van der Waals surface area (Å²) in [5, 5.41) is 2.64. The van der Waals surface area contributed by atoms with Crippen LogP contribution in [0.15, 0.2) is 12.3 Å². The number of carbonyl (C=O) groups is 2. The molecular formula is C15H26N2O3. The normalized spacial score (nSPS) is 24.0. The molecular weight excluding hydrogens is 256 g/mol. The zero-order chi connectivity index (χ0) is 15.3. The fourth-order valence-electron chi connectivity index (χ4n) is 2.90. The van der Waals surface area contributed by atoms with Gasteiger partial charge in [0, 0.05) is 17.5 Å². The molecule has 2 unspecified atom stereocenters. The summed E-state index contributed by atoms with van der Waals surface area (Å²) in [5.74, 6) is -0.0698. The van der Waals surface area contributed by atoms with Crippen LogP contribution in [-0.4, -0.2) is 25.0 Å². The molecule has 5 heteroatoms. The van der Waals surface area contributed by atoms with Crippen LogP contribution in [0, 0.1) is 17.8 Å². The number of amides is 1. The Balaban J connectivity index is 2.86. The van der Waals surface area contributed by atoms with Gasteiger partial charge >= 0.3 is 6.09 Å². The molecule has 1 saturated carbocycles. The number of alkyl carbamates (subject to hydrolysis) is 1. The zero-order valence-corrected chi connectivity index (χ0v) is 12.6. The minimum absolute atomic E-state index is 0.00946. The molecule has 0 aromatic rings. The first-order valence-corrected chi connectivity index (χ1v) is 7.21. The summed E-state index contributed by atoms with van der Waals surface area (Å²) in [6.45, 7) is 7.63. The second-order valence-electron chi connectivity index (χ2n) is 5.83. The lowest BCUT2D eigenvalue weighted by atomic mass is 9.73. The molecule has 5 nitrogen and oxygen atoms in total. The molecule has 20 heavy (non-hydrogen) atoms. The Labute approximate surface area is 120 Å². The number of ether oxygens (including phenoxy) is 1. The minimum atomic E-state index is -0.573. The van der Waals surface area contributed by atoms with Crippen LogP contribution in [0.1, 0.15) is 39.5 Å². The first-order valence-electron chi connectivity index (χ1n) is 7.21. The monoisotopic (exact) mass is 282 g/mol. The molecule has 0 aromatic heterocycles. The fraction of sp³-hybridized carbons (Fsp3) is 0.733. The van der Waals surface area contributed by atoms with Crippen LogP contribution in [0.3, 0.4) is 0 Å². The van der Waals surface area contributed by atoms with E-state index in [9.17, 15) is 9.59 Å². The van der Waals surface area contributed by atoms with E-state index in [4.69, 9.17) is 5.73 Å². The van der Waals surface area contributed by atoms with Crippen LogP contribution < -0.4 is 11.1 Å². The minimum Gasteiger partial charge on any atom is -0.453 e. The van der Waals surface area contributed by atoms with Gasteiger partial charge in [0.25, 0.3) is 0 Å². The number of hydrogen-bond acceptors (Lipinski definition) is 4. The van der Waals surface area contributed by atoms with Crippen LogP contribution in [0.25, 0.3) is 0 Å². The van der Waals surface area contributed by atoms with Gasteiger partial charge in [-0.05, 0) is 18.8 Å². The Morgan fingerprint density at radius 3 is 2.25 bits per heavy atom. The molecule has 0 radical (unpaired) electrons. The van der Waals surface area contributed by atoms with Gasteiger partial charge in [-0.15, -0.1) is 0 Å². The van der Waals surface area contributed by atoms with Crippen molar-refractivity contribution in [2.45, 2.75) is 45.6 Å². The van der Waals surface area contributed by atoms with E-state index < -0.39 is 12.1 Å². The van der Waals surface area contributed by atoms with Crippen LogP contribution in [0.4, 0.5) is 4.79 Å². The average Bonchev–Trinajstić information content (AvgIpc) is 2.43. The standard InChI is InChI=1S/C15H26N2O3/c1-9(2)13(17-15(19)20-4)14(18)12-8-6-5-7-11(12)10(3)16/h9,11-13H,3,5-8,16H2,1-2,4H3,(H,17,19)/t11-,12?,13?/m0/s1. The molecule has 0 aromatic carbocycles. The van der Waals surface area contributed by atoms with E-state index in [0.717, 1.165) is 25.7 Å². The number of carbonyl (C=O) groups excluding carboxylic acids is 2. The van der Waals surface area contributed by atoms with Gasteiger partial charge < -0.3 is 15.8 Å². The molecule has 1 aliphatic carbocycles. The molecule has 0 spiro atoms. The second-order valence-corrected chi connectivity index (χ2v) is 5.83. The first-order chi connectivity index (χ1) is 9.38. The lowest BCUT2D eigenvalue weighted by molar-refractivity contribution is -0.128. The third-order valence-electron chi connectivity index (χ3n) is 4.04. The molecule has 1 amide bonds. The first kappa shape index (κ1) is 16.5. The third-order valence-corrected chi connectivity index (χ3v) is 4.04. The van der Waals surface area contributed by atoms with Gasteiger partial charge in [-0.2, -0.15) is 0 Å². The van der Waals surface area contributed by atoms with Crippen LogP contribution >= 0.6 is 0 Å². The molecule has 1 rings (SSSR count). The molecule has 1 fully saturated rings. The van der Waals surface area contributed by atoms with Crippen molar-refractivity contribution in [3.63, 3.8) is 0 Å². The second kappa shape index (κ2) is 7.31. The Kier molecular flexibility index (Phi) is 6.05. The Morgan fingerprint density at radius 2 is 1.80 bits per heavy atom. The summed E-state index contributed by atoms with van der Waals surface area (Å²) in [5.41, 5.74) is 6.41. The van der Waals surface area contributed by atoms with Gasteiger partial charge in [-0.3, -0.25) is 4.79 Å². The number of nitrogens with two attached hydrogens (primary N) is 1. The molecule has 1 aliphatic rings. The van der Waals surface area contributed by atoms with E-state index in [2.05, 4.69) is 16.6 Å². The number of ketones is 1. The Morgan fingerprint density at radius 1 is 1.25 bits per heavy atom. The number of nitrogens with one attached hydrogen (secondary N) is 1. The van der Waals surface area contributed by atoms with Gasteiger partial charge in [-0.25, -0.2) is 4.79 Å². The number of rotatable bonds is 5. The SMILES string of the molecule is C=C(N)[C@@H]1CCCCC1C(=O)C(NC(=O)OC)C(C)C. The number of allylic oxidation sites excluding steroid dienone is 1. The zero-order valence-electron chi connectivity index (χ0n) is 12.6. The van der Waals surface area contributed by atoms with Crippen molar-refractivity contribution in [3.8, 4) is 0 Å². The molecule has 114 valence electrons. The number of Topliss-reactive ketones (excluding diaryl/α,β-unsaturated/α-hetero) is 1. The maximum Gasteiger partial charge on any atom is 0.407 e. The topological polar surface area (TPSA) is 81.4 Å². The summed E-state index contributed by atoms with van der Waals surface area (Å²) in [6.07, 6.45) is 3.22. The molecule has 3 atom stereocenters. The highest BCUT2D eigenvalue weighted by Crippen LogP contribution is 2.34. The third kappa shape index (κ3) is 3.99. The van der Waals surface area contributed by atoms with Crippen molar-refractivity contribution in [1.82, 2.24) is 5.32 Å². The van der Waals surface area contributed by atoms with Crippen molar-refractivity contribution in [3.05, 3.63) is 12.3 Å². The highest BCUT2D eigenvalue weighted by Gasteiger charge is 2.37. The largest absolute Gasteiger partial charge is 0.453 e. The number of hydrogen-bond donors (Lipinski definition) is 2. The van der Waals surface area contributed by atoms with E-state index in [-0.39, 0.29) is 23.5 Å². The van der Waals surface area contributed by atoms with Crippen molar-refractivity contribution >= 4 is 11.9 Å². The molecule has 3 N–H and O–H groups in total. The summed E-state index contributed by atoms with van der Waals surface area (Å²) in [4.78, 5) is 24.1. The fourth-order valence-corrected chi connectivity index (χ4v) is 2.90. The Hall–Kier alpha value is -1.52. The lowest BCUT2D eigenvalue weighted by Gasteiger charge is -2.34. The predicted octanol–water partition coefficient (Wildman–Crippen LogP) is 2.21. The smallest absolute Gasteiger partial charge is 0.407 e. The van der Waals surface area contributed by atoms with E-state index in [1.165, 1.54) is 7.11 Å². The van der Waals surface area contributed by atoms with Crippen LogP contribution in [-0.2, 0) is 9.53 Å². The van der Waals surface area contributed by atoms with Gasteiger partial charge in [0.05, 0.1) is 13.2 Å². The Bertz CT molecular complexity index is 379. The lowest BCUT2D eigenvalue weighted by Crippen LogP contribution is -2.49. The molecule has 0 bridgehead atoms. The summed E-state index contributed by atoms with van der Waals surface area (Å²) in [6, 6.07) is -0.535. The predicted molar refractivity (Wildman–Crippen MR) is 77.9 cm³/mol. The highest BCUT2D eigenvalue weighted by atomic mass is 16.5. The summed E-state index contributed by atoms with van der Waals surface area (Å²) < 4.78 is 4.60. The van der Waals surface area contributed by atoms with Crippen molar-refractivity contribution in [2.75, 3.05) is 7.11 Å². The maximum atomic E-state index is 12.7. The van der Waals surface area contributed by atoms with Gasteiger partial charge in [0.15, 0.2) is 5.78 Å². The van der Waals surface area contributed by atoms with Crippen molar-refractivity contribution in [1.29, 1.82) is 0 Å². The van der Waals surface area contributed by atoms with Gasteiger partial charge in [0.1, 0.15) is 0 Å². The number of methoxy groups -OCH3 is 1. The quantitative estimate of drug-likeness (QED) is 0.810. The van der Waals surface area contributed by atoms with Crippen LogP contribution in [0.5, 0.6) is 0 Å². The van der Waals surface area contributed by atoms with E-state index >= 15 is 0 Å². The van der Waals surface area contributed by atoms with Crippen LogP contribution in [0.2, 0.25) is 0 Å². The van der Waals surface area contributed by atoms with Crippen molar-refractivity contribution < 1.29 is 14.3 Å². The molecule has 0 aliphatic heterocycles. The van der Waals surface area contributed by atoms with Crippen molar-refractivity contribution in [2.24, 2.45) is 23.5 Å². The maximum absolute atomic E-state index is 12.7. The van der Waals surface area contributed by atoms with Gasteiger partial charge in [0.2, 0.25) is 0 Å². The molecule has 0 saturated heterocycles. The summed E-state index contributed by atoms with van der Waals surface area (Å²) in [7, 11) is 1.29. The van der Waals surface area contributed by atoms with E-state index in [0.29, 0.717) is 5.70 Å². The summed E-state index contributed by atoms with van der Waals surface area (Å²) >= 11 is 0. The molecule has 0 heterocycles. The highest BCUT2D eigenvalue weighted by molar-refractivity contribution is 5.90. The van der Waals surface area contributed by atoms with E-state index in [1.54, 1.807) is 0 Å². The van der Waals surface area contributed by atoms with Gasteiger partial charge in [-0.1, -0.05) is 33.3 Å².